The Balaban J connectivity index is 1.91. The number of amides is 1. The Morgan fingerprint density at radius 2 is 2.00 bits per heavy atom. The Labute approximate surface area is 189 Å². The first-order valence-corrected chi connectivity index (χ1v) is 10.4. The molecule has 0 aliphatic heterocycles. The number of hydrogen-bond donors (Lipinski definition) is 2. The maximum Gasteiger partial charge on any atom is 0.416 e. The molecule has 0 fully saturated rings. The number of alkyl halides is 3. The number of carboxylic acids is 1. The van der Waals surface area contributed by atoms with Crippen LogP contribution in [0.4, 0.5) is 18.9 Å². The van der Waals surface area contributed by atoms with Crippen LogP contribution in [0.3, 0.4) is 0 Å². The minimum absolute atomic E-state index is 0.0247. The van der Waals surface area contributed by atoms with Gasteiger partial charge in [0, 0.05) is 12.2 Å². The van der Waals surface area contributed by atoms with E-state index >= 15 is 0 Å². The van der Waals surface area contributed by atoms with Crippen molar-refractivity contribution >= 4 is 40.2 Å². The first-order chi connectivity index (χ1) is 15.5. The molecule has 0 aliphatic carbocycles. The fraction of sp³-hybridized carbons (Fsp3) is 0.182. The Hall–Kier alpha value is -3.60. The highest BCUT2D eigenvalue weighted by Crippen LogP contribution is 2.31. The van der Waals surface area contributed by atoms with Crippen LogP contribution in [0.2, 0.25) is 0 Å². The molecule has 0 spiro atoms. The lowest BCUT2D eigenvalue weighted by molar-refractivity contribution is -0.137. The predicted molar refractivity (Wildman–Crippen MR) is 119 cm³/mol. The molecule has 0 saturated heterocycles. The summed E-state index contributed by atoms with van der Waals surface area (Å²) in [4.78, 5) is 41.1. The van der Waals surface area contributed by atoms with Gasteiger partial charge in [0.15, 0.2) is 5.16 Å². The molecule has 0 aliphatic rings. The molecule has 0 bridgehead atoms. The number of fused-ring (bicyclic) bond motifs is 1. The van der Waals surface area contributed by atoms with Crippen molar-refractivity contribution in [2.45, 2.75) is 30.1 Å². The Morgan fingerprint density at radius 1 is 1.27 bits per heavy atom. The standard InChI is InChI=1S/C22H18F3N3O4S/c1-3-9-28-19(30)16-8-7-13(20(31)32)10-17(16)27-21(28)33-12(2)18(29)26-15-6-4-5-14(11-15)22(23,24)25/h3-8,10-12H,1,9H2,2H3,(H,26,29)(H,31,32)/t12-/m1/s1. The zero-order valence-electron chi connectivity index (χ0n) is 17.2. The van der Waals surface area contributed by atoms with Crippen LogP contribution >= 0.6 is 11.8 Å². The minimum Gasteiger partial charge on any atom is -0.478 e. The molecular weight excluding hydrogens is 459 g/mol. The quantitative estimate of drug-likeness (QED) is 0.297. The van der Waals surface area contributed by atoms with Crippen LogP contribution < -0.4 is 10.9 Å². The van der Waals surface area contributed by atoms with Crippen molar-refractivity contribution in [1.29, 1.82) is 0 Å². The van der Waals surface area contributed by atoms with Crippen molar-refractivity contribution in [3.63, 3.8) is 0 Å². The maximum atomic E-state index is 12.9. The minimum atomic E-state index is -4.55. The number of benzene rings is 2. The average Bonchev–Trinajstić information content (AvgIpc) is 2.75. The molecule has 3 aromatic rings. The molecule has 0 unspecified atom stereocenters. The maximum absolute atomic E-state index is 12.9. The van der Waals surface area contributed by atoms with Crippen LogP contribution in [0.15, 0.2) is 65.1 Å². The fourth-order valence-electron chi connectivity index (χ4n) is 2.94. The topological polar surface area (TPSA) is 101 Å². The van der Waals surface area contributed by atoms with E-state index in [1.54, 1.807) is 0 Å². The highest BCUT2D eigenvalue weighted by molar-refractivity contribution is 8.00. The second-order valence-corrected chi connectivity index (χ2v) is 8.27. The number of aromatic nitrogens is 2. The highest BCUT2D eigenvalue weighted by Gasteiger charge is 2.30. The van der Waals surface area contributed by atoms with Crippen LogP contribution in [0.25, 0.3) is 10.9 Å². The van der Waals surface area contributed by atoms with Crippen LogP contribution in [-0.2, 0) is 17.5 Å². The Morgan fingerprint density at radius 3 is 2.64 bits per heavy atom. The summed E-state index contributed by atoms with van der Waals surface area (Å²) in [6, 6.07) is 8.16. The van der Waals surface area contributed by atoms with E-state index in [0.717, 1.165) is 23.9 Å². The number of thioether (sulfide) groups is 1. The Kier molecular flexibility index (Phi) is 6.92. The van der Waals surface area contributed by atoms with Gasteiger partial charge in [0.05, 0.1) is 27.3 Å². The number of halogens is 3. The fourth-order valence-corrected chi connectivity index (χ4v) is 3.86. The van der Waals surface area contributed by atoms with Crippen LogP contribution in [0, 0.1) is 0 Å². The van der Waals surface area contributed by atoms with Crippen LogP contribution in [-0.4, -0.2) is 31.8 Å². The van der Waals surface area contributed by atoms with Gasteiger partial charge >= 0.3 is 12.1 Å². The normalized spacial score (nSPS) is 12.4. The molecule has 11 heteroatoms. The molecule has 2 N–H and O–H groups in total. The lowest BCUT2D eigenvalue weighted by Crippen LogP contribution is -2.27. The number of allylic oxidation sites excluding steroid dienone is 1. The van der Waals surface area contributed by atoms with Gasteiger partial charge in [-0.2, -0.15) is 13.2 Å². The number of carbonyl (C=O) groups is 2. The van der Waals surface area contributed by atoms with E-state index in [9.17, 15) is 32.7 Å². The van der Waals surface area contributed by atoms with E-state index in [1.165, 1.54) is 47.9 Å². The van der Waals surface area contributed by atoms with Gasteiger partial charge in [-0.05, 0) is 43.3 Å². The summed E-state index contributed by atoms with van der Waals surface area (Å²) >= 11 is 0.913. The van der Waals surface area contributed by atoms with Gasteiger partial charge in [-0.15, -0.1) is 6.58 Å². The number of nitrogens with one attached hydrogen (secondary N) is 1. The van der Waals surface area contributed by atoms with Gasteiger partial charge in [0.1, 0.15) is 0 Å². The smallest absolute Gasteiger partial charge is 0.416 e. The number of anilines is 1. The van der Waals surface area contributed by atoms with Crippen LogP contribution in [0.5, 0.6) is 0 Å². The van der Waals surface area contributed by atoms with Crippen molar-refractivity contribution in [3.05, 3.63) is 76.6 Å². The van der Waals surface area contributed by atoms with Crippen molar-refractivity contribution in [3.8, 4) is 0 Å². The second-order valence-electron chi connectivity index (χ2n) is 6.96. The average molecular weight is 477 g/mol. The second kappa shape index (κ2) is 9.49. The van der Waals surface area contributed by atoms with Gasteiger partial charge in [0.2, 0.25) is 5.91 Å². The lowest BCUT2D eigenvalue weighted by Gasteiger charge is -2.16. The predicted octanol–water partition coefficient (Wildman–Crippen LogP) is 4.42. The molecule has 1 aromatic heterocycles. The third kappa shape index (κ3) is 5.43. The SMILES string of the molecule is C=CCn1c(S[C@H](C)C(=O)Nc2cccc(C(F)(F)F)c2)nc2cc(C(=O)O)ccc2c1=O. The highest BCUT2D eigenvalue weighted by atomic mass is 32.2. The summed E-state index contributed by atoms with van der Waals surface area (Å²) in [5.41, 5.74) is -1.27. The summed E-state index contributed by atoms with van der Waals surface area (Å²) < 4.78 is 40.0. The first-order valence-electron chi connectivity index (χ1n) is 9.55. The first kappa shape index (κ1) is 24.1. The lowest BCUT2D eigenvalue weighted by atomic mass is 10.1. The third-order valence-electron chi connectivity index (χ3n) is 4.59. The molecule has 172 valence electrons. The van der Waals surface area contributed by atoms with E-state index in [1.807, 2.05) is 0 Å². The summed E-state index contributed by atoms with van der Waals surface area (Å²) in [7, 11) is 0. The third-order valence-corrected chi connectivity index (χ3v) is 5.68. The van der Waals surface area contributed by atoms with Gasteiger partial charge in [-0.25, -0.2) is 9.78 Å². The van der Waals surface area contributed by atoms with Gasteiger partial charge in [0.25, 0.3) is 5.56 Å². The summed E-state index contributed by atoms with van der Waals surface area (Å²) in [5.74, 6) is -1.78. The molecule has 1 atom stereocenters. The summed E-state index contributed by atoms with van der Waals surface area (Å²) in [5, 5.41) is 11.1. The van der Waals surface area contributed by atoms with E-state index in [2.05, 4.69) is 16.9 Å². The van der Waals surface area contributed by atoms with Crippen molar-refractivity contribution in [2.24, 2.45) is 0 Å². The molecule has 1 amide bonds. The Bertz CT molecular complexity index is 1300. The largest absolute Gasteiger partial charge is 0.478 e. The van der Waals surface area contributed by atoms with Gasteiger partial charge < -0.3 is 10.4 Å². The molecule has 0 radical (unpaired) electrons. The number of rotatable bonds is 7. The van der Waals surface area contributed by atoms with Crippen molar-refractivity contribution in [2.75, 3.05) is 5.32 Å². The zero-order valence-corrected chi connectivity index (χ0v) is 18.0. The van der Waals surface area contributed by atoms with E-state index in [0.29, 0.717) is 0 Å². The van der Waals surface area contributed by atoms with Gasteiger partial charge in [-0.1, -0.05) is 23.9 Å². The molecule has 0 saturated carbocycles. The number of carbonyl (C=O) groups excluding carboxylic acids is 1. The van der Waals surface area contributed by atoms with Crippen LogP contribution in [0.1, 0.15) is 22.8 Å². The van der Waals surface area contributed by atoms with E-state index in [-0.39, 0.29) is 33.9 Å². The molecule has 1 heterocycles. The monoisotopic (exact) mass is 477 g/mol. The number of nitrogens with zero attached hydrogens (tertiary/aromatic N) is 2. The molecular formula is C22H18F3N3O4S. The van der Waals surface area contributed by atoms with Gasteiger partial charge in [-0.3, -0.25) is 14.2 Å². The molecule has 33 heavy (non-hydrogen) atoms. The number of carboxylic acid groups (broad SMARTS) is 1. The summed E-state index contributed by atoms with van der Waals surface area (Å²) in [6.07, 6.45) is -3.08. The molecule has 7 nitrogen and oxygen atoms in total. The zero-order chi connectivity index (χ0) is 24.3. The van der Waals surface area contributed by atoms with E-state index in [4.69, 9.17) is 0 Å². The molecule has 3 rings (SSSR count). The summed E-state index contributed by atoms with van der Waals surface area (Å²) in [6.45, 7) is 5.21. The van der Waals surface area contributed by atoms with E-state index < -0.39 is 34.4 Å². The molecule has 2 aromatic carbocycles. The van der Waals surface area contributed by atoms with Crippen molar-refractivity contribution < 1.29 is 27.9 Å². The number of hydrogen-bond acceptors (Lipinski definition) is 5. The number of aromatic carboxylic acids is 1. The van der Waals surface area contributed by atoms with Crippen molar-refractivity contribution in [1.82, 2.24) is 9.55 Å².